The van der Waals surface area contributed by atoms with Crippen LogP contribution >= 0.6 is 0 Å². The van der Waals surface area contributed by atoms with Gasteiger partial charge in [0.25, 0.3) is 5.91 Å². The van der Waals surface area contributed by atoms with E-state index in [1.807, 2.05) is 12.1 Å². The number of hydrogen-bond acceptors (Lipinski definition) is 5. The number of benzene rings is 2. The van der Waals surface area contributed by atoms with Crippen molar-refractivity contribution in [2.24, 2.45) is 5.14 Å². The van der Waals surface area contributed by atoms with Gasteiger partial charge in [-0.3, -0.25) is 9.78 Å². The molecule has 0 unspecified atom stereocenters. The van der Waals surface area contributed by atoms with Gasteiger partial charge in [-0.2, -0.15) is 5.10 Å². The van der Waals surface area contributed by atoms with E-state index in [4.69, 9.17) is 5.14 Å². The molecule has 2 aromatic heterocycles. The van der Waals surface area contributed by atoms with Crippen LogP contribution in [0, 0.1) is 5.82 Å². The van der Waals surface area contributed by atoms with Crippen molar-refractivity contribution in [3.05, 3.63) is 89.6 Å². The Morgan fingerprint density at radius 1 is 1.00 bits per heavy atom. The zero-order valence-corrected chi connectivity index (χ0v) is 21.1. The maximum absolute atomic E-state index is 13.6. The molecule has 0 spiro atoms. The van der Waals surface area contributed by atoms with Gasteiger partial charge in [-0.15, -0.1) is 0 Å². The van der Waals surface area contributed by atoms with Crippen molar-refractivity contribution in [3.8, 4) is 5.69 Å². The SMILES string of the molecule is NS(=O)(=O)CN(Cc1ccc(C2CCCCC2)cc1)C(=O)c1cncc2c1cnn2-c1ccc(F)cc1. The number of fused-ring (bicyclic) bond motifs is 1. The molecule has 8 nitrogen and oxygen atoms in total. The lowest BCUT2D eigenvalue weighted by atomic mass is 9.84. The first kappa shape index (κ1) is 25.0. The lowest BCUT2D eigenvalue weighted by Gasteiger charge is -2.24. The summed E-state index contributed by atoms with van der Waals surface area (Å²) in [6.07, 6.45) is 10.6. The molecule has 1 fully saturated rings. The highest BCUT2D eigenvalue weighted by Crippen LogP contribution is 2.32. The molecule has 192 valence electrons. The van der Waals surface area contributed by atoms with Crippen LogP contribution in [0.1, 0.15) is 59.5 Å². The van der Waals surface area contributed by atoms with Crippen molar-refractivity contribution >= 4 is 26.8 Å². The third-order valence-corrected chi connectivity index (χ3v) is 7.52. The Morgan fingerprint density at radius 3 is 2.38 bits per heavy atom. The van der Waals surface area contributed by atoms with Crippen LogP contribution in [0.15, 0.2) is 67.1 Å². The van der Waals surface area contributed by atoms with Gasteiger partial charge in [0.05, 0.1) is 29.2 Å². The molecular weight excluding hydrogens is 493 g/mol. The molecule has 2 aromatic carbocycles. The van der Waals surface area contributed by atoms with Crippen LogP contribution in [0.5, 0.6) is 0 Å². The zero-order valence-electron chi connectivity index (χ0n) is 20.3. The number of hydrogen-bond donors (Lipinski definition) is 1. The number of nitrogens with zero attached hydrogens (tertiary/aromatic N) is 4. The summed E-state index contributed by atoms with van der Waals surface area (Å²) in [4.78, 5) is 19.0. The molecule has 1 aliphatic carbocycles. The quantitative estimate of drug-likeness (QED) is 0.385. The first-order chi connectivity index (χ1) is 17.8. The fourth-order valence-corrected chi connectivity index (χ4v) is 5.66. The first-order valence-corrected chi connectivity index (χ1v) is 14.0. The van der Waals surface area contributed by atoms with Gasteiger partial charge in [0.2, 0.25) is 10.0 Å². The Hall–Kier alpha value is -3.63. The van der Waals surface area contributed by atoms with E-state index in [1.54, 1.807) is 23.0 Å². The third kappa shape index (κ3) is 5.70. The predicted molar refractivity (Wildman–Crippen MR) is 139 cm³/mol. The van der Waals surface area contributed by atoms with Crippen LogP contribution < -0.4 is 5.14 Å². The van der Waals surface area contributed by atoms with Crippen LogP contribution in [0.25, 0.3) is 16.6 Å². The molecule has 1 aliphatic rings. The number of sulfonamides is 1. The Labute approximate surface area is 215 Å². The minimum absolute atomic E-state index is 0.0721. The number of rotatable bonds is 7. The summed E-state index contributed by atoms with van der Waals surface area (Å²) in [5, 5.41) is 10.2. The number of halogens is 1. The fourth-order valence-electron chi connectivity index (χ4n) is 5.02. The van der Waals surface area contributed by atoms with Gasteiger partial charge in [-0.1, -0.05) is 43.5 Å². The first-order valence-electron chi connectivity index (χ1n) is 12.2. The summed E-state index contributed by atoms with van der Waals surface area (Å²) in [6, 6.07) is 13.8. The fraction of sp³-hybridized carbons (Fsp3) is 0.296. The van der Waals surface area contributed by atoms with E-state index in [0.29, 0.717) is 22.5 Å². The normalized spacial score (nSPS) is 14.6. The van der Waals surface area contributed by atoms with Gasteiger partial charge >= 0.3 is 0 Å². The van der Waals surface area contributed by atoms with Gasteiger partial charge in [-0.25, -0.2) is 22.6 Å². The monoisotopic (exact) mass is 521 g/mol. The predicted octanol–water partition coefficient (Wildman–Crippen LogP) is 4.50. The van der Waals surface area contributed by atoms with Crippen molar-refractivity contribution in [2.75, 3.05) is 5.88 Å². The maximum Gasteiger partial charge on any atom is 0.257 e. The topological polar surface area (TPSA) is 111 Å². The molecule has 10 heteroatoms. The van der Waals surface area contributed by atoms with Crippen molar-refractivity contribution in [2.45, 2.75) is 44.6 Å². The number of aromatic nitrogens is 3. The summed E-state index contributed by atoms with van der Waals surface area (Å²) in [6.45, 7) is 0.0721. The van der Waals surface area contributed by atoms with E-state index in [9.17, 15) is 17.6 Å². The number of carbonyl (C=O) groups excluding carboxylic acids is 1. The van der Waals surface area contributed by atoms with Crippen molar-refractivity contribution < 1.29 is 17.6 Å². The molecular formula is C27H28FN5O3S. The second-order valence-corrected chi connectivity index (χ2v) is 11.1. The summed E-state index contributed by atoms with van der Waals surface area (Å²) in [5.74, 6) is -0.994. The minimum atomic E-state index is -3.99. The van der Waals surface area contributed by atoms with Gasteiger partial charge in [0.15, 0.2) is 0 Å². The molecule has 2 N–H and O–H groups in total. The lowest BCUT2D eigenvalue weighted by Crippen LogP contribution is -2.38. The summed E-state index contributed by atoms with van der Waals surface area (Å²) < 4.78 is 39.0. The zero-order chi connectivity index (χ0) is 26.0. The number of primary sulfonamides is 1. The van der Waals surface area contributed by atoms with Crippen molar-refractivity contribution in [3.63, 3.8) is 0 Å². The molecule has 0 radical (unpaired) electrons. The van der Waals surface area contributed by atoms with Crippen LogP contribution in [0.4, 0.5) is 4.39 Å². The molecule has 0 aliphatic heterocycles. The molecule has 0 saturated heterocycles. The number of amides is 1. The lowest BCUT2D eigenvalue weighted by molar-refractivity contribution is 0.0773. The molecule has 0 atom stereocenters. The van der Waals surface area contributed by atoms with E-state index >= 15 is 0 Å². The Balaban J connectivity index is 1.44. The number of carbonyl (C=O) groups is 1. The minimum Gasteiger partial charge on any atom is -0.318 e. The average molecular weight is 522 g/mol. The molecule has 1 amide bonds. The van der Waals surface area contributed by atoms with Crippen LogP contribution in [-0.4, -0.2) is 39.9 Å². The van der Waals surface area contributed by atoms with Crippen molar-refractivity contribution in [1.29, 1.82) is 0 Å². The summed E-state index contributed by atoms with van der Waals surface area (Å²) >= 11 is 0. The van der Waals surface area contributed by atoms with Crippen LogP contribution in [0.2, 0.25) is 0 Å². The van der Waals surface area contributed by atoms with E-state index in [0.717, 1.165) is 5.56 Å². The average Bonchev–Trinajstić information content (AvgIpc) is 3.33. The van der Waals surface area contributed by atoms with E-state index in [2.05, 4.69) is 22.2 Å². The Morgan fingerprint density at radius 2 is 1.70 bits per heavy atom. The van der Waals surface area contributed by atoms with Crippen LogP contribution in [0.3, 0.4) is 0 Å². The highest BCUT2D eigenvalue weighted by Gasteiger charge is 2.24. The maximum atomic E-state index is 13.6. The highest BCUT2D eigenvalue weighted by molar-refractivity contribution is 7.89. The number of pyridine rings is 1. The van der Waals surface area contributed by atoms with E-state index in [-0.39, 0.29) is 17.9 Å². The van der Waals surface area contributed by atoms with Gasteiger partial charge in [0.1, 0.15) is 11.7 Å². The molecule has 5 rings (SSSR count). The standard InChI is InChI=1S/C27H28FN5O3S/c28-22-10-12-23(13-11-22)33-26-16-30-14-25(24(26)15-31-33)27(34)32(18-37(29,35)36)17-19-6-8-21(9-7-19)20-4-2-1-3-5-20/h6-16,20H,1-5,17-18H2,(H2,29,35,36). The smallest absolute Gasteiger partial charge is 0.257 e. The van der Waals surface area contributed by atoms with Gasteiger partial charge in [-0.05, 0) is 54.2 Å². The van der Waals surface area contributed by atoms with Gasteiger partial charge in [0, 0.05) is 18.1 Å². The number of nitrogens with two attached hydrogens (primary N) is 1. The third-order valence-electron chi connectivity index (χ3n) is 6.85. The Bertz CT molecular complexity index is 1510. The van der Waals surface area contributed by atoms with E-state index < -0.39 is 21.8 Å². The summed E-state index contributed by atoms with van der Waals surface area (Å²) in [5.41, 5.74) is 3.41. The van der Waals surface area contributed by atoms with Gasteiger partial charge < -0.3 is 4.90 Å². The second-order valence-electron chi connectivity index (χ2n) is 9.52. The Kier molecular flexibility index (Phi) is 7.03. The van der Waals surface area contributed by atoms with Crippen LogP contribution in [-0.2, 0) is 16.6 Å². The summed E-state index contributed by atoms with van der Waals surface area (Å²) in [7, 11) is -3.99. The second kappa shape index (κ2) is 10.4. The molecule has 2 heterocycles. The molecule has 0 bridgehead atoms. The molecule has 37 heavy (non-hydrogen) atoms. The van der Waals surface area contributed by atoms with Crippen molar-refractivity contribution in [1.82, 2.24) is 19.7 Å². The highest BCUT2D eigenvalue weighted by atomic mass is 32.2. The molecule has 4 aromatic rings. The largest absolute Gasteiger partial charge is 0.318 e. The van der Waals surface area contributed by atoms with E-state index in [1.165, 1.54) is 67.1 Å². The molecule has 1 saturated carbocycles.